The van der Waals surface area contributed by atoms with Gasteiger partial charge in [0.1, 0.15) is 0 Å². The zero-order chi connectivity index (χ0) is 8.39. The molecule has 60 valence electrons. The van der Waals surface area contributed by atoms with Crippen molar-refractivity contribution in [2.75, 3.05) is 0 Å². The zero-order valence-electron chi connectivity index (χ0n) is 6.53. The number of hydrogen-bond acceptors (Lipinski definition) is 3. The van der Waals surface area contributed by atoms with Crippen LogP contribution >= 0.6 is 0 Å². The highest BCUT2D eigenvalue weighted by molar-refractivity contribution is 5.92. The molecule has 0 amide bonds. The summed E-state index contributed by atoms with van der Waals surface area (Å²) in [6.45, 7) is 0. The Hall–Kier alpha value is -1.51. The maximum absolute atomic E-state index is 11.0. The summed E-state index contributed by atoms with van der Waals surface area (Å²) in [5, 5.41) is 7.67. The van der Waals surface area contributed by atoms with Gasteiger partial charge in [-0.25, -0.2) is 0 Å². The SMILES string of the molecule is O=C1C=C2N=NC=CC=C2CC1. The van der Waals surface area contributed by atoms with Crippen LogP contribution in [-0.4, -0.2) is 5.78 Å². The highest BCUT2D eigenvalue weighted by atomic mass is 16.1. The Bertz CT molecular complexity index is 334. The summed E-state index contributed by atoms with van der Waals surface area (Å²) in [6, 6.07) is 0. The summed E-state index contributed by atoms with van der Waals surface area (Å²) < 4.78 is 0. The molecule has 0 saturated carbocycles. The van der Waals surface area contributed by atoms with E-state index >= 15 is 0 Å². The lowest BCUT2D eigenvalue weighted by Crippen LogP contribution is -2.03. The minimum atomic E-state index is 0.142. The van der Waals surface area contributed by atoms with Crippen LogP contribution in [0.4, 0.5) is 0 Å². The van der Waals surface area contributed by atoms with E-state index in [0.29, 0.717) is 6.42 Å². The molecule has 0 N–H and O–H groups in total. The molecule has 0 saturated heterocycles. The molecule has 0 radical (unpaired) electrons. The number of allylic oxidation sites excluding steroid dienone is 4. The molecule has 0 fully saturated rings. The van der Waals surface area contributed by atoms with Crippen LogP contribution in [-0.2, 0) is 4.79 Å². The highest BCUT2D eigenvalue weighted by Gasteiger charge is 2.14. The van der Waals surface area contributed by atoms with Crippen molar-refractivity contribution in [1.82, 2.24) is 0 Å². The first-order valence-electron chi connectivity index (χ1n) is 3.88. The minimum absolute atomic E-state index is 0.142. The predicted octanol–water partition coefficient (Wildman–Crippen LogP) is 2.14. The van der Waals surface area contributed by atoms with Gasteiger partial charge in [0.15, 0.2) is 5.78 Å². The standard InChI is InChI=1S/C9H8N2O/c12-8-4-3-7-2-1-5-10-11-9(7)6-8/h1-2,5-6H,3-4H2. The fraction of sp³-hybridized carbons (Fsp3) is 0.222. The van der Waals surface area contributed by atoms with Crippen molar-refractivity contribution in [3.63, 3.8) is 0 Å². The van der Waals surface area contributed by atoms with Gasteiger partial charge in [-0.3, -0.25) is 4.79 Å². The smallest absolute Gasteiger partial charge is 0.158 e. The third kappa shape index (κ3) is 1.25. The van der Waals surface area contributed by atoms with Gasteiger partial charge in [0.2, 0.25) is 0 Å². The summed E-state index contributed by atoms with van der Waals surface area (Å²) >= 11 is 0. The number of rotatable bonds is 0. The average Bonchev–Trinajstić information content (AvgIpc) is 2.28. The molecule has 1 aliphatic heterocycles. The largest absolute Gasteiger partial charge is 0.295 e. The average molecular weight is 160 g/mol. The minimum Gasteiger partial charge on any atom is -0.295 e. The maximum Gasteiger partial charge on any atom is 0.158 e. The van der Waals surface area contributed by atoms with E-state index in [1.54, 1.807) is 12.3 Å². The van der Waals surface area contributed by atoms with E-state index in [4.69, 9.17) is 0 Å². The van der Waals surface area contributed by atoms with Crippen LogP contribution in [0, 0.1) is 0 Å². The molecule has 0 unspecified atom stereocenters. The molecular weight excluding hydrogens is 152 g/mol. The van der Waals surface area contributed by atoms with Gasteiger partial charge in [-0.2, -0.15) is 10.2 Å². The monoisotopic (exact) mass is 160 g/mol. The lowest BCUT2D eigenvalue weighted by Gasteiger charge is -2.09. The topological polar surface area (TPSA) is 41.8 Å². The molecule has 1 aliphatic carbocycles. The molecular formula is C9H8N2O. The molecule has 0 atom stereocenters. The molecule has 2 aliphatic rings. The fourth-order valence-electron chi connectivity index (χ4n) is 1.26. The number of nitrogens with zero attached hydrogens (tertiary/aromatic N) is 2. The first-order chi connectivity index (χ1) is 5.86. The van der Waals surface area contributed by atoms with E-state index in [9.17, 15) is 4.79 Å². The third-order valence-corrected chi connectivity index (χ3v) is 1.88. The fourth-order valence-corrected chi connectivity index (χ4v) is 1.26. The Balaban J connectivity index is 2.43. The lowest BCUT2D eigenvalue weighted by atomic mass is 9.98. The summed E-state index contributed by atoms with van der Waals surface area (Å²) in [5.74, 6) is 0.142. The second-order valence-corrected chi connectivity index (χ2v) is 2.74. The molecule has 12 heavy (non-hydrogen) atoms. The van der Waals surface area contributed by atoms with Crippen LogP contribution in [0.1, 0.15) is 12.8 Å². The van der Waals surface area contributed by atoms with Crippen molar-refractivity contribution in [3.8, 4) is 0 Å². The van der Waals surface area contributed by atoms with Crippen molar-refractivity contribution in [1.29, 1.82) is 0 Å². The number of fused-ring (bicyclic) bond motifs is 1. The van der Waals surface area contributed by atoms with E-state index in [-0.39, 0.29) is 5.78 Å². The molecule has 1 heterocycles. The Morgan fingerprint density at radius 2 is 2.25 bits per heavy atom. The second-order valence-electron chi connectivity index (χ2n) is 2.74. The molecule has 0 aromatic heterocycles. The second kappa shape index (κ2) is 2.85. The number of carbonyl (C=O) groups is 1. The number of ketones is 1. The van der Waals surface area contributed by atoms with Gasteiger partial charge in [-0.05, 0) is 18.1 Å². The van der Waals surface area contributed by atoms with Crippen molar-refractivity contribution >= 4 is 5.78 Å². The van der Waals surface area contributed by atoms with Gasteiger partial charge >= 0.3 is 0 Å². The van der Waals surface area contributed by atoms with Crippen LogP contribution in [0.15, 0.2) is 45.9 Å². The summed E-state index contributed by atoms with van der Waals surface area (Å²) in [7, 11) is 0. The Kier molecular flexibility index (Phi) is 1.70. The first kappa shape index (κ1) is 7.16. The summed E-state index contributed by atoms with van der Waals surface area (Å²) in [4.78, 5) is 11.0. The van der Waals surface area contributed by atoms with Gasteiger partial charge in [-0.1, -0.05) is 6.08 Å². The number of carbonyl (C=O) groups excluding carboxylic acids is 1. The molecule has 0 aromatic carbocycles. The molecule has 2 rings (SSSR count). The molecule has 0 bridgehead atoms. The van der Waals surface area contributed by atoms with E-state index in [1.165, 1.54) is 0 Å². The van der Waals surface area contributed by atoms with Crippen molar-refractivity contribution in [2.24, 2.45) is 10.2 Å². The van der Waals surface area contributed by atoms with Crippen LogP contribution in [0.25, 0.3) is 0 Å². The van der Waals surface area contributed by atoms with E-state index in [1.807, 2.05) is 12.2 Å². The lowest BCUT2D eigenvalue weighted by molar-refractivity contribution is -0.114. The number of hydrogen-bond donors (Lipinski definition) is 0. The van der Waals surface area contributed by atoms with Gasteiger partial charge in [0.25, 0.3) is 0 Å². The van der Waals surface area contributed by atoms with Gasteiger partial charge < -0.3 is 0 Å². The summed E-state index contributed by atoms with van der Waals surface area (Å²) in [5.41, 5.74) is 1.82. The van der Waals surface area contributed by atoms with Gasteiger partial charge in [0.05, 0.1) is 5.70 Å². The first-order valence-corrected chi connectivity index (χ1v) is 3.88. The molecule has 3 heteroatoms. The Morgan fingerprint density at radius 1 is 1.33 bits per heavy atom. The predicted molar refractivity (Wildman–Crippen MR) is 44.4 cm³/mol. The van der Waals surface area contributed by atoms with E-state index in [2.05, 4.69) is 10.2 Å². The van der Waals surface area contributed by atoms with Crippen LogP contribution < -0.4 is 0 Å². The van der Waals surface area contributed by atoms with Crippen LogP contribution in [0.5, 0.6) is 0 Å². The van der Waals surface area contributed by atoms with Crippen LogP contribution in [0.3, 0.4) is 0 Å². The van der Waals surface area contributed by atoms with E-state index < -0.39 is 0 Å². The zero-order valence-corrected chi connectivity index (χ0v) is 6.53. The molecule has 0 spiro atoms. The quantitative estimate of drug-likeness (QED) is 0.535. The Morgan fingerprint density at radius 3 is 3.17 bits per heavy atom. The van der Waals surface area contributed by atoms with Crippen molar-refractivity contribution < 1.29 is 4.79 Å². The van der Waals surface area contributed by atoms with E-state index in [0.717, 1.165) is 17.7 Å². The maximum atomic E-state index is 11.0. The van der Waals surface area contributed by atoms with Gasteiger partial charge in [0, 0.05) is 18.7 Å². The highest BCUT2D eigenvalue weighted by Crippen LogP contribution is 2.24. The molecule has 0 aromatic rings. The van der Waals surface area contributed by atoms with Crippen molar-refractivity contribution in [3.05, 3.63) is 35.7 Å². The van der Waals surface area contributed by atoms with Gasteiger partial charge in [-0.15, -0.1) is 0 Å². The molecule has 3 nitrogen and oxygen atoms in total. The Labute approximate surface area is 70.2 Å². The number of azo groups is 1. The summed E-state index contributed by atoms with van der Waals surface area (Å²) in [6.07, 6.45) is 8.36. The van der Waals surface area contributed by atoms with Crippen LogP contribution in [0.2, 0.25) is 0 Å². The normalized spacial score (nSPS) is 21.2. The third-order valence-electron chi connectivity index (χ3n) is 1.88. The van der Waals surface area contributed by atoms with Crippen molar-refractivity contribution in [2.45, 2.75) is 12.8 Å².